The Kier molecular flexibility index (Phi) is 10.4. The Balaban J connectivity index is 0.00000338. The summed E-state index contributed by atoms with van der Waals surface area (Å²) in [5.41, 5.74) is 0.153. The molecule has 1 aromatic heterocycles. The Labute approximate surface area is 178 Å². The van der Waals surface area contributed by atoms with Gasteiger partial charge in [0.1, 0.15) is 0 Å². The maximum Gasteiger partial charge on any atom is 0.208 e. The van der Waals surface area contributed by atoms with Crippen molar-refractivity contribution in [3.8, 4) is 0 Å². The maximum absolute atomic E-state index is 11.1. The molecule has 0 bridgehead atoms. The third-order valence-electron chi connectivity index (χ3n) is 4.52. The average Bonchev–Trinajstić information content (AvgIpc) is 3.11. The minimum Gasteiger partial charge on any atom is -0.357 e. The van der Waals surface area contributed by atoms with Crippen molar-refractivity contribution in [2.45, 2.75) is 44.4 Å². The molecular weight excluding hydrogens is 483 g/mol. The number of guanidine groups is 1. The van der Waals surface area contributed by atoms with Gasteiger partial charge < -0.3 is 10.6 Å². The van der Waals surface area contributed by atoms with E-state index in [1.807, 2.05) is 18.3 Å². The number of thiophene rings is 1. The van der Waals surface area contributed by atoms with Gasteiger partial charge in [0.2, 0.25) is 10.0 Å². The van der Waals surface area contributed by atoms with Gasteiger partial charge in [0, 0.05) is 29.9 Å². The molecule has 2 rings (SSSR count). The fourth-order valence-corrected chi connectivity index (χ4v) is 4.73. The number of sulfonamides is 1. The summed E-state index contributed by atoms with van der Waals surface area (Å²) in [5.74, 6) is 0.749. The summed E-state index contributed by atoms with van der Waals surface area (Å²) in [4.78, 5) is 6.26. The molecule has 1 heterocycles. The zero-order valence-corrected chi connectivity index (χ0v) is 19.5. The second-order valence-electron chi connectivity index (χ2n) is 6.61. The Morgan fingerprint density at radius 3 is 2.54 bits per heavy atom. The van der Waals surface area contributed by atoms with Gasteiger partial charge >= 0.3 is 0 Å². The highest BCUT2D eigenvalue weighted by atomic mass is 127. The maximum atomic E-state index is 11.1. The molecule has 9 heteroatoms. The van der Waals surface area contributed by atoms with Crippen molar-refractivity contribution in [2.24, 2.45) is 4.99 Å². The first-order chi connectivity index (χ1) is 12.0. The van der Waals surface area contributed by atoms with Crippen LogP contribution in [0.15, 0.2) is 22.5 Å². The molecule has 1 aromatic rings. The van der Waals surface area contributed by atoms with Crippen molar-refractivity contribution in [3.05, 3.63) is 22.4 Å². The summed E-state index contributed by atoms with van der Waals surface area (Å²) in [6.07, 6.45) is 7.37. The summed E-state index contributed by atoms with van der Waals surface area (Å²) in [6.45, 7) is 4.42. The Hall–Kier alpha value is -0.390. The minimum absolute atomic E-state index is 0. The van der Waals surface area contributed by atoms with Crippen LogP contribution in [-0.4, -0.2) is 46.8 Å². The molecule has 1 fully saturated rings. The second-order valence-corrected chi connectivity index (χ2v) is 9.39. The minimum atomic E-state index is -3.15. The van der Waals surface area contributed by atoms with E-state index in [-0.39, 0.29) is 29.4 Å². The zero-order valence-electron chi connectivity index (χ0n) is 15.6. The number of hydrogen-bond acceptors (Lipinski definition) is 4. The fourth-order valence-electron chi connectivity index (χ4n) is 3.28. The number of halogens is 1. The first-order valence-corrected chi connectivity index (χ1v) is 11.7. The van der Waals surface area contributed by atoms with Crippen LogP contribution in [0, 0.1) is 0 Å². The van der Waals surface area contributed by atoms with Crippen molar-refractivity contribution in [1.82, 2.24) is 15.4 Å². The number of hydrogen-bond donors (Lipinski definition) is 3. The van der Waals surface area contributed by atoms with Gasteiger partial charge in [-0.15, -0.1) is 35.3 Å². The lowest BCUT2D eigenvalue weighted by atomic mass is 9.73. The molecule has 0 aromatic carbocycles. The molecule has 0 aliphatic heterocycles. The lowest BCUT2D eigenvalue weighted by Crippen LogP contribution is -2.42. The van der Waals surface area contributed by atoms with Crippen LogP contribution < -0.4 is 15.4 Å². The predicted octanol–water partition coefficient (Wildman–Crippen LogP) is 2.67. The van der Waals surface area contributed by atoms with Gasteiger partial charge in [-0.1, -0.05) is 25.3 Å². The van der Waals surface area contributed by atoms with Gasteiger partial charge in [-0.3, -0.25) is 4.99 Å². The molecule has 0 atom stereocenters. The largest absolute Gasteiger partial charge is 0.357 e. The molecule has 0 amide bonds. The van der Waals surface area contributed by atoms with E-state index in [1.165, 1.54) is 43.2 Å². The van der Waals surface area contributed by atoms with E-state index in [4.69, 9.17) is 4.99 Å². The van der Waals surface area contributed by atoms with Crippen LogP contribution in [0.1, 0.15) is 43.9 Å². The van der Waals surface area contributed by atoms with E-state index < -0.39 is 10.0 Å². The molecule has 150 valence electrons. The molecule has 0 spiro atoms. The van der Waals surface area contributed by atoms with Crippen molar-refractivity contribution in [1.29, 1.82) is 0 Å². The summed E-state index contributed by atoms with van der Waals surface area (Å²) in [7, 11) is -3.15. The Morgan fingerprint density at radius 1 is 1.23 bits per heavy atom. The molecule has 1 saturated carbocycles. The van der Waals surface area contributed by atoms with Gasteiger partial charge in [0.05, 0.1) is 12.8 Å². The fraction of sp³-hybridized carbons (Fsp3) is 0.706. The van der Waals surface area contributed by atoms with Crippen LogP contribution in [0.3, 0.4) is 0 Å². The van der Waals surface area contributed by atoms with Gasteiger partial charge in [-0.25, -0.2) is 13.1 Å². The van der Waals surface area contributed by atoms with E-state index in [0.29, 0.717) is 13.1 Å². The SMILES string of the molecule is CCNC(=NCC1(c2cccs2)CCCCC1)NCCNS(C)(=O)=O.I. The van der Waals surface area contributed by atoms with Gasteiger partial charge in [-0.2, -0.15) is 0 Å². The third kappa shape index (κ3) is 7.69. The highest BCUT2D eigenvalue weighted by Gasteiger charge is 2.34. The lowest BCUT2D eigenvalue weighted by molar-refractivity contribution is 0.306. The molecule has 3 N–H and O–H groups in total. The Bertz CT molecular complexity index is 642. The summed E-state index contributed by atoms with van der Waals surface area (Å²) in [6, 6.07) is 4.36. The normalized spacial score (nSPS) is 17.4. The molecule has 26 heavy (non-hydrogen) atoms. The van der Waals surface area contributed by atoms with Crippen molar-refractivity contribution >= 4 is 51.3 Å². The molecular formula is C17H31IN4O2S2. The average molecular weight is 514 g/mol. The second kappa shape index (κ2) is 11.5. The molecule has 6 nitrogen and oxygen atoms in total. The quantitative estimate of drug-likeness (QED) is 0.216. The van der Waals surface area contributed by atoms with E-state index in [1.54, 1.807) is 0 Å². The van der Waals surface area contributed by atoms with Crippen LogP contribution in [0.25, 0.3) is 0 Å². The highest BCUT2D eigenvalue weighted by molar-refractivity contribution is 14.0. The first-order valence-electron chi connectivity index (χ1n) is 8.96. The van der Waals surface area contributed by atoms with Crippen molar-refractivity contribution in [3.63, 3.8) is 0 Å². The summed E-state index contributed by atoms with van der Waals surface area (Å²) < 4.78 is 24.7. The molecule has 0 radical (unpaired) electrons. The summed E-state index contributed by atoms with van der Waals surface area (Å²) >= 11 is 1.83. The van der Waals surface area contributed by atoms with Crippen LogP contribution in [0.2, 0.25) is 0 Å². The standard InChI is InChI=1S/C17H30N4O2S2.HI/c1-3-18-16(19-11-12-21-25(2,22)23)20-14-17(9-5-4-6-10-17)15-8-7-13-24-15;/h7-8,13,21H,3-6,9-12,14H2,1-2H3,(H2,18,19,20);1H. The van der Waals surface area contributed by atoms with Crippen LogP contribution in [-0.2, 0) is 15.4 Å². The zero-order chi connectivity index (χ0) is 18.2. The number of nitrogens with one attached hydrogen (secondary N) is 3. The number of rotatable bonds is 8. The molecule has 0 unspecified atom stereocenters. The number of nitrogens with zero attached hydrogens (tertiary/aromatic N) is 1. The molecule has 0 saturated heterocycles. The Morgan fingerprint density at radius 2 is 1.96 bits per heavy atom. The van der Waals surface area contributed by atoms with Gasteiger partial charge in [-0.05, 0) is 31.2 Å². The molecule has 1 aliphatic rings. The van der Waals surface area contributed by atoms with E-state index in [0.717, 1.165) is 19.0 Å². The topological polar surface area (TPSA) is 82.6 Å². The van der Waals surface area contributed by atoms with Crippen molar-refractivity contribution < 1.29 is 8.42 Å². The van der Waals surface area contributed by atoms with Crippen molar-refractivity contribution in [2.75, 3.05) is 32.4 Å². The van der Waals surface area contributed by atoms with Gasteiger partial charge in [0.15, 0.2) is 5.96 Å². The van der Waals surface area contributed by atoms with E-state index in [2.05, 4.69) is 32.9 Å². The third-order valence-corrected chi connectivity index (χ3v) is 6.37. The van der Waals surface area contributed by atoms with Crippen LogP contribution >= 0.6 is 35.3 Å². The first kappa shape index (κ1) is 23.6. The van der Waals surface area contributed by atoms with E-state index in [9.17, 15) is 8.42 Å². The molecule has 1 aliphatic carbocycles. The number of aliphatic imine (C=N–C) groups is 1. The predicted molar refractivity (Wildman–Crippen MR) is 121 cm³/mol. The van der Waals surface area contributed by atoms with Gasteiger partial charge in [0.25, 0.3) is 0 Å². The highest BCUT2D eigenvalue weighted by Crippen LogP contribution is 2.41. The monoisotopic (exact) mass is 514 g/mol. The smallest absolute Gasteiger partial charge is 0.208 e. The van der Waals surface area contributed by atoms with E-state index >= 15 is 0 Å². The van der Waals surface area contributed by atoms with Crippen LogP contribution in [0.5, 0.6) is 0 Å². The van der Waals surface area contributed by atoms with Crippen LogP contribution in [0.4, 0.5) is 0 Å². The summed E-state index contributed by atoms with van der Waals surface area (Å²) in [5, 5.41) is 8.61. The lowest BCUT2D eigenvalue weighted by Gasteiger charge is -2.35.